The van der Waals surface area contributed by atoms with Crippen LogP contribution in [0.3, 0.4) is 0 Å². The highest BCUT2D eigenvalue weighted by Gasteiger charge is 2.43. The molecule has 6 heteroatoms. The molecule has 0 amide bonds. The highest BCUT2D eigenvalue weighted by atomic mass is 19.4. The monoisotopic (exact) mass is 299 g/mol. The zero-order valence-electron chi connectivity index (χ0n) is 11.9. The van der Waals surface area contributed by atoms with E-state index in [-0.39, 0.29) is 0 Å². The minimum Gasteiger partial charge on any atom is -0.383 e. The van der Waals surface area contributed by atoms with Crippen molar-refractivity contribution in [3.63, 3.8) is 0 Å². The van der Waals surface area contributed by atoms with Gasteiger partial charge in [-0.1, -0.05) is 37.3 Å². The second kappa shape index (κ2) is 6.56. The van der Waals surface area contributed by atoms with Gasteiger partial charge in [-0.05, 0) is 5.56 Å². The summed E-state index contributed by atoms with van der Waals surface area (Å²) in [6.07, 6.45) is -4.16. The third kappa shape index (κ3) is 4.44. The van der Waals surface area contributed by atoms with E-state index in [4.69, 9.17) is 0 Å². The molecule has 0 N–H and O–H groups in total. The number of carbonyl (C=O) groups is 2. The summed E-state index contributed by atoms with van der Waals surface area (Å²) >= 11 is 0. The fourth-order valence-corrected chi connectivity index (χ4v) is 1.77. The summed E-state index contributed by atoms with van der Waals surface area (Å²) in [7, 11) is 2.90. The van der Waals surface area contributed by atoms with E-state index in [2.05, 4.69) is 0 Å². The Bertz CT molecular complexity index is 548. The number of hydrogen-bond donors (Lipinski definition) is 0. The second-order valence-corrected chi connectivity index (χ2v) is 4.83. The van der Waals surface area contributed by atoms with Gasteiger partial charge in [0.1, 0.15) is 0 Å². The van der Waals surface area contributed by atoms with Crippen molar-refractivity contribution in [2.24, 2.45) is 0 Å². The molecule has 0 heterocycles. The Kier molecular flexibility index (Phi) is 5.29. The maximum atomic E-state index is 12.6. The summed E-state index contributed by atoms with van der Waals surface area (Å²) in [6, 6.07) is 8.36. The van der Waals surface area contributed by atoms with Crippen molar-refractivity contribution in [1.82, 2.24) is 4.90 Å². The van der Waals surface area contributed by atoms with Gasteiger partial charge in [-0.2, -0.15) is 13.2 Å². The summed E-state index contributed by atoms with van der Waals surface area (Å²) < 4.78 is 37.8. The number of nitrogens with zero attached hydrogens (tertiary/aromatic N) is 1. The number of allylic oxidation sites excluding steroid dienone is 1. The van der Waals surface area contributed by atoms with Crippen molar-refractivity contribution >= 4 is 11.6 Å². The smallest absolute Gasteiger partial charge is 0.383 e. The second-order valence-electron chi connectivity index (χ2n) is 4.83. The summed E-state index contributed by atoms with van der Waals surface area (Å²) in [5, 5.41) is 0. The van der Waals surface area contributed by atoms with E-state index in [1.165, 1.54) is 25.9 Å². The zero-order chi connectivity index (χ0) is 16.2. The van der Waals surface area contributed by atoms with Crippen molar-refractivity contribution in [2.45, 2.75) is 19.0 Å². The predicted molar refractivity (Wildman–Crippen MR) is 72.7 cm³/mol. The van der Waals surface area contributed by atoms with Crippen LogP contribution < -0.4 is 0 Å². The van der Waals surface area contributed by atoms with Crippen molar-refractivity contribution < 1.29 is 22.8 Å². The van der Waals surface area contributed by atoms with Gasteiger partial charge in [-0.15, -0.1) is 0 Å². The van der Waals surface area contributed by atoms with Crippen molar-refractivity contribution in [2.75, 3.05) is 14.1 Å². The highest BCUT2D eigenvalue weighted by molar-refractivity contribution is 6.23. The number of benzene rings is 1. The van der Waals surface area contributed by atoms with Crippen LogP contribution in [0.15, 0.2) is 42.1 Å². The molecule has 1 rings (SSSR count). The van der Waals surface area contributed by atoms with Gasteiger partial charge in [0.2, 0.25) is 0 Å². The molecule has 1 aromatic carbocycles. The fraction of sp³-hybridized carbons (Fsp3) is 0.333. The van der Waals surface area contributed by atoms with E-state index in [1.807, 2.05) is 0 Å². The van der Waals surface area contributed by atoms with Crippen LogP contribution in [0.5, 0.6) is 0 Å². The van der Waals surface area contributed by atoms with E-state index >= 15 is 0 Å². The molecular weight excluding hydrogens is 283 g/mol. The lowest BCUT2D eigenvalue weighted by atomic mass is 9.90. The minimum absolute atomic E-state index is 0.558. The lowest BCUT2D eigenvalue weighted by Crippen LogP contribution is -2.31. The molecule has 1 atom stereocenters. The van der Waals surface area contributed by atoms with Gasteiger partial charge in [0, 0.05) is 26.2 Å². The molecule has 0 aliphatic heterocycles. The molecule has 114 valence electrons. The molecule has 0 bridgehead atoms. The maximum Gasteiger partial charge on any atom is 0.455 e. The van der Waals surface area contributed by atoms with Gasteiger partial charge < -0.3 is 4.90 Å². The molecule has 1 aromatic rings. The molecular formula is C15H16F3NO2. The molecule has 1 unspecified atom stereocenters. The lowest BCUT2D eigenvalue weighted by molar-refractivity contribution is -0.167. The average Bonchev–Trinajstić information content (AvgIpc) is 2.42. The molecule has 0 saturated heterocycles. The van der Waals surface area contributed by atoms with Crippen LogP contribution in [0.1, 0.15) is 18.4 Å². The Morgan fingerprint density at radius 1 is 1.14 bits per heavy atom. The Labute approximate surface area is 121 Å². The first kappa shape index (κ1) is 16.9. The maximum absolute atomic E-state index is 12.6. The Morgan fingerprint density at radius 3 is 2.10 bits per heavy atom. The van der Waals surface area contributed by atoms with Gasteiger partial charge >= 0.3 is 6.18 Å². The first-order valence-electron chi connectivity index (χ1n) is 6.23. The van der Waals surface area contributed by atoms with E-state index in [9.17, 15) is 22.8 Å². The first-order valence-corrected chi connectivity index (χ1v) is 6.23. The van der Waals surface area contributed by atoms with Gasteiger partial charge in [-0.25, -0.2) is 0 Å². The number of alkyl halides is 3. The van der Waals surface area contributed by atoms with Crippen molar-refractivity contribution in [1.29, 1.82) is 0 Å². The van der Waals surface area contributed by atoms with Crippen molar-refractivity contribution in [3.05, 3.63) is 47.7 Å². The lowest BCUT2D eigenvalue weighted by Gasteiger charge is -2.16. The van der Waals surface area contributed by atoms with Crippen LogP contribution in [0, 0.1) is 0 Å². The Morgan fingerprint density at radius 2 is 1.67 bits per heavy atom. The third-order valence-corrected chi connectivity index (χ3v) is 2.85. The summed E-state index contributed by atoms with van der Waals surface area (Å²) in [5.74, 6) is -3.80. The molecule has 0 radical (unpaired) electrons. The quantitative estimate of drug-likeness (QED) is 0.476. The fourth-order valence-electron chi connectivity index (χ4n) is 1.77. The zero-order valence-corrected chi connectivity index (χ0v) is 11.9. The number of ketones is 2. The van der Waals surface area contributed by atoms with Crippen molar-refractivity contribution in [3.8, 4) is 0 Å². The summed E-state index contributed by atoms with van der Waals surface area (Å²) in [5.41, 5.74) is -0.300. The van der Waals surface area contributed by atoms with Gasteiger partial charge in [0.15, 0.2) is 5.78 Å². The summed E-state index contributed by atoms with van der Waals surface area (Å²) in [4.78, 5) is 24.9. The predicted octanol–water partition coefficient (Wildman–Crippen LogP) is 2.94. The average molecular weight is 299 g/mol. The number of rotatable bonds is 5. The molecule has 21 heavy (non-hydrogen) atoms. The Hall–Kier alpha value is -2.11. The van der Waals surface area contributed by atoms with Crippen LogP contribution >= 0.6 is 0 Å². The number of Topliss-reactive ketones (excluding diaryl/α,β-unsaturated/α-hetero) is 2. The van der Waals surface area contributed by atoms with Crippen LogP contribution in [0.25, 0.3) is 0 Å². The first-order chi connectivity index (χ1) is 9.64. The molecule has 0 fully saturated rings. The molecule has 0 saturated carbocycles. The molecule has 3 nitrogen and oxygen atoms in total. The van der Waals surface area contributed by atoms with Crippen LogP contribution in [0.2, 0.25) is 0 Å². The van der Waals surface area contributed by atoms with Crippen LogP contribution in [-0.4, -0.2) is 36.7 Å². The number of carbonyl (C=O) groups excluding carboxylic acids is 2. The SMILES string of the molecule is CC(C(=O)C(=CN(C)C)C(=O)C(F)(F)F)c1ccccc1. The van der Waals surface area contributed by atoms with E-state index in [0.717, 1.165) is 6.20 Å². The Balaban J connectivity index is 3.16. The van der Waals surface area contributed by atoms with E-state index in [1.54, 1.807) is 30.3 Å². The standard InChI is InChI=1S/C15H16F3NO2/c1-10(11-7-5-4-6-8-11)13(20)12(9-19(2)3)14(21)15(16,17)18/h4-10H,1-3H3. The van der Waals surface area contributed by atoms with Gasteiger partial charge in [-0.3, -0.25) is 9.59 Å². The number of halogens is 3. The molecule has 0 spiro atoms. The summed E-state index contributed by atoms with van der Waals surface area (Å²) in [6.45, 7) is 1.48. The normalized spacial score (nSPS) is 13.7. The molecule has 0 aromatic heterocycles. The minimum atomic E-state index is -5.08. The number of hydrogen-bond acceptors (Lipinski definition) is 3. The van der Waals surface area contributed by atoms with E-state index < -0.39 is 29.2 Å². The van der Waals surface area contributed by atoms with Crippen LogP contribution in [-0.2, 0) is 9.59 Å². The van der Waals surface area contributed by atoms with Gasteiger partial charge in [0.25, 0.3) is 5.78 Å². The molecule has 0 aliphatic carbocycles. The molecule has 0 aliphatic rings. The van der Waals surface area contributed by atoms with Crippen LogP contribution in [0.4, 0.5) is 13.2 Å². The van der Waals surface area contributed by atoms with Gasteiger partial charge in [0.05, 0.1) is 5.57 Å². The highest BCUT2D eigenvalue weighted by Crippen LogP contribution is 2.26. The third-order valence-electron chi connectivity index (χ3n) is 2.85. The topological polar surface area (TPSA) is 37.4 Å². The largest absolute Gasteiger partial charge is 0.455 e. The van der Waals surface area contributed by atoms with E-state index in [0.29, 0.717) is 5.56 Å².